The molecule has 0 saturated heterocycles. The highest BCUT2D eigenvalue weighted by Gasteiger charge is 2.34. The fourth-order valence-electron chi connectivity index (χ4n) is 3.15. The molecule has 1 heterocycles. The first kappa shape index (κ1) is 21.0. The van der Waals surface area contributed by atoms with E-state index in [9.17, 15) is 18.0 Å². The Morgan fingerprint density at radius 2 is 1.87 bits per heavy atom. The van der Waals surface area contributed by atoms with Crippen molar-refractivity contribution in [3.8, 4) is 11.8 Å². The Balaban J connectivity index is 1.89. The van der Waals surface area contributed by atoms with E-state index in [0.717, 1.165) is 16.3 Å². The zero-order valence-electron chi connectivity index (χ0n) is 16.3. The lowest BCUT2D eigenvalue weighted by Crippen LogP contribution is -2.33. The molecule has 9 heteroatoms. The molecular weight excluding hydrogens is 395 g/mol. The van der Waals surface area contributed by atoms with Crippen LogP contribution in [-0.2, 0) is 6.18 Å². The van der Waals surface area contributed by atoms with E-state index in [2.05, 4.69) is 10.3 Å². The zero-order chi connectivity index (χ0) is 21.9. The quantitative estimate of drug-likeness (QED) is 0.622. The summed E-state index contributed by atoms with van der Waals surface area (Å²) in [5.74, 6) is -0.454. The summed E-state index contributed by atoms with van der Waals surface area (Å²) in [6, 6.07) is 13.5. The Kier molecular flexibility index (Phi) is 5.87. The van der Waals surface area contributed by atoms with Crippen molar-refractivity contribution in [1.82, 2.24) is 19.9 Å². The van der Waals surface area contributed by atoms with Crippen molar-refractivity contribution in [1.29, 1.82) is 5.26 Å². The first-order chi connectivity index (χ1) is 14.3. The number of nitrogens with zero attached hydrogens (tertiary/aromatic N) is 5. The molecule has 6 nitrogen and oxygen atoms in total. The number of halogens is 3. The van der Waals surface area contributed by atoms with Crippen LogP contribution in [0.2, 0.25) is 0 Å². The highest BCUT2D eigenvalue weighted by molar-refractivity contribution is 5.92. The topological polar surface area (TPSA) is 74.8 Å². The van der Waals surface area contributed by atoms with E-state index >= 15 is 0 Å². The molecule has 3 rings (SSSR count). The Morgan fingerprint density at radius 1 is 1.20 bits per heavy atom. The number of alkyl halides is 3. The summed E-state index contributed by atoms with van der Waals surface area (Å²) in [5, 5.41) is 16.5. The van der Waals surface area contributed by atoms with Gasteiger partial charge in [-0.1, -0.05) is 29.5 Å². The lowest BCUT2D eigenvalue weighted by Gasteiger charge is -2.27. The molecule has 0 aliphatic heterocycles. The van der Waals surface area contributed by atoms with E-state index in [4.69, 9.17) is 5.26 Å². The summed E-state index contributed by atoms with van der Waals surface area (Å²) < 4.78 is 40.8. The minimum atomic E-state index is -4.56. The van der Waals surface area contributed by atoms with Crippen molar-refractivity contribution in [3.05, 3.63) is 77.1 Å². The molecule has 0 fully saturated rings. The number of carbonyl (C=O) groups excluding carboxylic acids is 1. The van der Waals surface area contributed by atoms with Gasteiger partial charge in [0.25, 0.3) is 5.91 Å². The number of hydrogen-bond donors (Lipinski definition) is 0. The number of benzene rings is 2. The van der Waals surface area contributed by atoms with Crippen LogP contribution in [-0.4, -0.2) is 32.3 Å². The third-order valence-corrected chi connectivity index (χ3v) is 4.76. The summed E-state index contributed by atoms with van der Waals surface area (Å²) in [4.78, 5) is 14.5. The summed E-state index contributed by atoms with van der Waals surface area (Å²) in [5.41, 5.74) is 0.187. The Bertz CT molecular complexity index is 1080. The normalized spacial score (nSPS) is 12.3. The van der Waals surface area contributed by atoms with Gasteiger partial charge in [-0.3, -0.25) is 4.79 Å². The summed E-state index contributed by atoms with van der Waals surface area (Å²) >= 11 is 0. The van der Waals surface area contributed by atoms with Crippen LogP contribution in [0.5, 0.6) is 0 Å². The number of hydrogen-bond acceptors (Lipinski definition) is 4. The smallest absolute Gasteiger partial charge is 0.331 e. The molecule has 0 N–H and O–H groups in total. The molecule has 154 valence electrons. The predicted molar refractivity (Wildman–Crippen MR) is 103 cm³/mol. The maximum atomic E-state index is 13.3. The standard InChI is InChI=1S/C21H18F3N5O/c1-3-28(14(2)16-10-8-15(12-25)9-11-16)20(30)18-13-29(27-26-18)19-7-5-4-6-17(19)21(22,23)24/h4-11,13-14H,3H2,1-2H3. The van der Waals surface area contributed by atoms with Crippen molar-refractivity contribution < 1.29 is 18.0 Å². The second-order valence-corrected chi connectivity index (χ2v) is 6.56. The van der Waals surface area contributed by atoms with Crippen LogP contribution in [0.1, 0.15) is 47.1 Å². The number of nitriles is 1. The highest BCUT2D eigenvalue weighted by Crippen LogP contribution is 2.33. The number of amides is 1. The fraction of sp³-hybridized carbons (Fsp3) is 0.238. The first-order valence-corrected chi connectivity index (χ1v) is 9.16. The number of carbonyl (C=O) groups is 1. The van der Waals surface area contributed by atoms with E-state index in [-0.39, 0.29) is 17.4 Å². The molecule has 0 aliphatic rings. The number of rotatable bonds is 5. The maximum absolute atomic E-state index is 13.3. The van der Waals surface area contributed by atoms with Gasteiger partial charge in [0.2, 0.25) is 0 Å². The molecule has 2 aromatic carbocycles. The van der Waals surface area contributed by atoms with E-state index in [1.807, 2.05) is 13.0 Å². The van der Waals surface area contributed by atoms with Crippen LogP contribution in [0, 0.1) is 11.3 Å². The van der Waals surface area contributed by atoms with Gasteiger partial charge in [-0.2, -0.15) is 18.4 Å². The Hall–Kier alpha value is -3.67. The molecule has 1 aromatic heterocycles. The van der Waals surface area contributed by atoms with Gasteiger partial charge >= 0.3 is 6.18 Å². The predicted octanol–water partition coefficient (Wildman–Crippen LogP) is 4.38. The maximum Gasteiger partial charge on any atom is 0.418 e. The van der Waals surface area contributed by atoms with Gasteiger partial charge in [-0.15, -0.1) is 5.10 Å². The van der Waals surface area contributed by atoms with Crippen molar-refractivity contribution in [2.24, 2.45) is 0 Å². The second kappa shape index (κ2) is 8.37. The van der Waals surface area contributed by atoms with Gasteiger partial charge in [-0.25, -0.2) is 4.68 Å². The van der Waals surface area contributed by atoms with E-state index in [1.54, 1.807) is 31.2 Å². The minimum Gasteiger partial charge on any atom is -0.331 e. The van der Waals surface area contributed by atoms with Crippen LogP contribution >= 0.6 is 0 Å². The van der Waals surface area contributed by atoms with Crippen molar-refractivity contribution in [3.63, 3.8) is 0 Å². The van der Waals surface area contributed by atoms with Gasteiger partial charge in [0.15, 0.2) is 5.69 Å². The van der Waals surface area contributed by atoms with E-state index < -0.39 is 17.6 Å². The largest absolute Gasteiger partial charge is 0.418 e. The zero-order valence-corrected chi connectivity index (χ0v) is 16.3. The molecule has 1 atom stereocenters. The average Bonchev–Trinajstić information content (AvgIpc) is 3.24. The first-order valence-electron chi connectivity index (χ1n) is 9.16. The molecule has 0 spiro atoms. The Labute approximate surface area is 171 Å². The van der Waals surface area contributed by atoms with Gasteiger partial charge in [0.1, 0.15) is 0 Å². The molecule has 3 aromatic rings. The number of aromatic nitrogens is 3. The Morgan fingerprint density at radius 3 is 2.47 bits per heavy atom. The van der Waals surface area contributed by atoms with Gasteiger partial charge in [-0.05, 0) is 43.7 Å². The van der Waals surface area contributed by atoms with Crippen LogP contribution in [0.15, 0.2) is 54.7 Å². The molecule has 0 bridgehead atoms. The molecule has 0 aliphatic carbocycles. The van der Waals surface area contributed by atoms with Crippen molar-refractivity contribution >= 4 is 5.91 Å². The van der Waals surface area contributed by atoms with E-state index in [1.165, 1.54) is 29.3 Å². The third-order valence-electron chi connectivity index (χ3n) is 4.76. The highest BCUT2D eigenvalue weighted by atomic mass is 19.4. The fourth-order valence-corrected chi connectivity index (χ4v) is 3.15. The third kappa shape index (κ3) is 4.17. The lowest BCUT2D eigenvalue weighted by atomic mass is 10.0. The molecule has 1 unspecified atom stereocenters. The molecular formula is C21H18F3N5O. The van der Waals surface area contributed by atoms with Gasteiger partial charge in [0, 0.05) is 6.54 Å². The molecule has 0 radical (unpaired) electrons. The van der Waals surface area contributed by atoms with Gasteiger partial charge < -0.3 is 4.90 Å². The van der Waals surface area contributed by atoms with Crippen LogP contribution in [0.25, 0.3) is 5.69 Å². The van der Waals surface area contributed by atoms with Gasteiger partial charge in [0.05, 0.1) is 35.1 Å². The van der Waals surface area contributed by atoms with Crippen LogP contribution in [0.3, 0.4) is 0 Å². The minimum absolute atomic E-state index is 0.0608. The molecule has 30 heavy (non-hydrogen) atoms. The summed E-state index contributed by atoms with van der Waals surface area (Å²) in [7, 11) is 0. The average molecular weight is 413 g/mol. The number of para-hydroxylation sites is 1. The summed E-state index contributed by atoms with van der Waals surface area (Å²) in [6.07, 6.45) is -3.37. The SMILES string of the molecule is CCN(C(=O)c1cn(-c2ccccc2C(F)(F)F)nn1)C(C)c1ccc(C#N)cc1. The van der Waals surface area contributed by atoms with Crippen LogP contribution < -0.4 is 0 Å². The molecule has 1 amide bonds. The van der Waals surface area contributed by atoms with Crippen molar-refractivity contribution in [2.75, 3.05) is 6.54 Å². The monoisotopic (exact) mass is 413 g/mol. The second-order valence-electron chi connectivity index (χ2n) is 6.56. The van der Waals surface area contributed by atoms with E-state index in [0.29, 0.717) is 12.1 Å². The molecule has 0 saturated carbocycles. The van der Waals surface area contributed by atoms with Crippen molar-refractivity contribution in [2.45, 2.75) is 26.1 Å². The van der Waals surface area contributed by atoms with Crippen LogP contribution in [0.4, 0.5) is 13.2 Å². The summed E-state index contributed by atoms with van der Waals surface area (Å²) in [6.45, 7) is 3.97. The lowest BCUT2D eigenvalue weighted by molar-refractivity contribution is -0.137.